The van der Waals surface area contributed by atoms with Gasteiger partial charge in [0.1, 0.15) is 0 Å². The maximum Gasteiger partial charge on any atom is 0.162 e. The van der Waals surface area contributed by atoms with Gasteiger partial charge in [-0.05, 0) is 73.6 Å². The summed E-state index contributed by atoms with van der Waals surface area (Å²) in [6.45, 7) is 0. The van der Waals surface area contributed by atoms with E-state index in [2.05, 4.69) is 30.3 Å². The van der Waals surface area contributed by atoms with Gasteiger partial charge in [-0.25, -0.2) is 9.97 Å². The molecule has 2 aliphatic carbocycles. The number of hydrogen-bond acceptors (Lipinski definition) is 3. The number of hydrogen-bond donors (Lipinski definition) is 1. The van der Waals surface area contributed by atoms with Crippen LogP contribution in [0.25, 0.3) is 22.2 Å². The number of benzene rings is 1. The molecule has 25 heavy (non-hydrogen) atoms. The lowest BCUT2D eigenvalue weighted by Gasteiger charge is -2.24. The topological polar surface area (TPSA) is 51.8 Å². The lowest BCUT2D eigenvalue weighted by Crippen LogP contribution is -2.14. The van der Waals surface area contributed by atoms with Gasteiger partial charge in [-0.2, -0.15) is 0 Å². The van der Waals surface area contributed by atoms with Gasteiger partial charge in [-0.3, -0.25) is 0 Å². The standard InChI is InChI=1S/C22H23N3/c23-21-16-11-5-7-13-18(16)25-22-20(21)19(14-8-2-1-3-9-14)15-10-4-6-12-17(15)24-22/h1-3,8-9H,4-7,10-13H2,(H2,23,24,25). The first-order valence-corrected chi connectivity index (χ1v) is 9.51. The first kappa shape index (κ1) is 14.9. The van der Waals surface area contributed by atoms with Crippen molar-refractivity contribution >= 4 is 16.7 Å². The molecule has 0 radical (unpaired) electrons. The molecule has 0 atom stereocenters. The Morgan fingerprint density at radius 3 is 2.04 bits per heavy atom. The Morgan fingerprint density at radius 1 is 0.720 bits per heavy atom. The Labute approximate surface area is 148 Å². The second-order valence-electron chi connectivity index (χ2n) is 7.34. The predicted molar refractivity (Wildman–Crippen MR) is 103 cm³/mol. The zero-order valence-corrected chi connectivity index (χ0v) is 14.5. The molecule has 0 saturated carbocycles. The Morgan fingerprint density at radius 2 is 1.32 bits per heavy atom. The first-order valence-electron chi connectivity index (χ1n) is 9.51. The molecule has 2 heterocycles. The van der Waals surface area contributed by atoms with Crippen LogP contribution in [0.3, 0.4) is 0 Å². The third-order valence-corrected chi connectivity index (χ3v) is 5.79. The number of nitrogens with zero attached hydrogens (tertiary/aromatic N) is 2. The summed E-state index contributed by atoms with van der Waals surface area (Å²) in [4.78, 5) is 9.96. The smallest absolute Gasteiger partial charge is 0.162 e. The molecule has 2 aliphatic rings. The van der Waals surface area contributed by atoms with E-state index in [0.717, 1.165) is 42.4 Å². The summed E-state index contributed by atoms with van der Waals surface area (Å²) in [6.07, 6.45) is 9.12. The van der Waals surface area contributed by atoms with Crippen LogP contribution >= 0.6 is 0 Å². The van der Waals surface area contributed by atoms with E-state index in [0.29, 0.717) is 0 Å². The zero-order valence-electron chi connectivity index (χ0n) is 14.5. The van der Waals surface area contributed by atoms with Crippen LogP contribution in [0.4, 0.5) is 5.69 Å². The molecule has 3 heteroatoms. The second kappa shape index (κ2) is 5.83. The molecule has 0 unspecified atom stereocenters. The van der Waals surface area contributed by atoms with Crippen molar-refractivity contribution in [2.75, 3.05) is 5.73 Å². The quantitative estimate of drug-likeness (QED) is 0.708. The highest BCUT2D eigenvalue weighted by atomic mass is 14.9. The van der Waals surface area contributed by atoms with Gasteiger partial charge in [-0.1, -0.05) is 30.3 Å². The molecule has 0 spiro atoms. The van der Waals surface area contributed by atoms with Crippen LogP contribution in [0.2, 0.25) is 0 Å². The number of pyridine rings is 2. The Hall–Kier alpha value is -2.42. The van der Waals surface area contributed by atoms with Crippen LogP contribution in [-0.4, -0.2) is 9.97 Å². The lowest BCUT2D eigenvalue weighted by molar-refractivity contribution is 0.665. The number of aryl methyl sites for hydroxylation is 2. The van der Waals surface area contributed by atoms with Crippen molar-refractivity contribution in [1.29, 1.82) is 0 Å². The average Bonchev–Trinajstić information content (AvgIpc) is 2.67. The Kier molecular flexibility index (Phi) is 3.47. The summed E-state index contributed by atoms with van der Waals surface area (Å²) in [5, 5.41) is 1.09. The van der Waals surface area contributed by atoms with Crippen LogP contribution in [0.5, 0.6) is 0 Å². The van der Waals surface area contributed by atoms with Crippen LogP contribution in [0.1, 0.15) is 48.2 Å². The van der Waals surface area contributed by atoms with E-state index in [1.807, 2.05) is 0 Å². The number of rotatable bonds is 1. The van der Waals surface area contributed by atoms with Crippen molar-refractivity contribution in [1.82, 2.24) is 9.97 Å². The predicted octanol–water partition coefficient (Wildman–Crippen LogP) is 4.64. The van der Waals surface area contributed by atoms with E-state index >= 15 is 0 Å². The molecule has 1 aromatic carbocycles. The van der Waals surface area contributed by atoms with Crippen molar-refractivity contribution in [2.24, 2.45) is 0 Å². The maximum atomic E-state index is 6.73. The van der Waals surface area contributed by atoms with Gasteiger partial charge in [0.25, 0.3) is 0 Å². The summed E-state index contributed by atoms with van der Waals surface area (Å²) in [7, 11) is 0. The average molecular weight is 329 g/mol. The SMILES string of the molecule is Nc1c2c(nc3nc4c(c(-c5ccccc5)c13)CCCC4)CCCC2. The number of fused-ring (bicyclic) bond motifs is 3. The number of aromatic nitrogens is 2. The number of anilines is 1. The van der Waals surface area contributed by atoms with E-state index in [9.17, 15) is 0 Å². The molecular weight excluding hydrogens is 306 g/mol. The Balaban J connectivity index is 1.91. The van der Waals surface area contributed by atoms with E-state index in [-0.39, 0.29) is 0 Å². The maximum absolute atomic E-state index is 6.73. The zero-order chi connectivity index (χ0) is 16.8. The third-order valence-electron chi connectivity index (χ3n) is 5.79. The van der Waals surface area contributed by atoms with E-state index in [1.165, 1.54) is 59.3 Å². The molecule has 0 saturated heterocycles. The molecule has 0 amide bonds. The fourth-order valence-corrected chi connectivity index (χ4v) is 4.57. The van der Waals surface area contributed by atoms with Gasteiger partial charge in [0.05, 0.1) is 5.39 Å². The normalized spacial score (nSPS) is 16.5. The molecule has 0 bridgehead atoms. The van der Waals surface area contributed by atoms with Gasteiger partial charge < -0.3 is 5.73 Å². The van der Waals surface area contributed by atoms with E-state index in [4.69, 9.17) is 15.7 Å². The lowest BCUT2D eigenvalue weighted by atomic mass is 9.85. The highest BCUT2D eigenvalue weighted by Crippen LogP contribution is 2.41. The van der Waals surface area contributed by atoms with Crippen LogP contribution in [0, 0.1) is 0 Å². The molecule has 0 fully saturated rings. The molecule has 3 aromatic rings. The highest BCUT2D eigenvalue weighted by Gasteiger charge is 2.24. The minimum atomic E-state index is 0.859. The Bertz CT molecular complexity index is 955. The van der Waals surface area contributed by atoms with Crippen molar-refractivity contribution in [2.45, 2.75) is 51.4 Å². The molecular formula is C22H23N3. The summed E-state index contributed by atoms with van der Waals surface area (Å²) in [5.41, 5.74) is 16.1. The van der Waals surface area contributed by atoms with Gasteiger partial charge in [0.15, 0.2) is 5.65 Å². The van der Waals surface area contributed by atoms with Gasteiger partial charge in [0.2, 0.25) is 0 Å². The summed E-state index contributed by atoms with van der Waals surface area (Å²) in [6, 6.07) is 10.7. The minimum absolute atomic E-state index is 0.859. The van der Waals surface area contributed by atoms with Crippen molar-refractivity contribution in [3.63, 3.8) is 0 Å². The molecule has 2 aromatic heterocycles. The fraction of sp³-hybridized carbons (Fsp3) is 0.364. The second-order valence-corrected chi connectivity index (χ2v) is 7.34. The number of nitrogen functional groups attached to an aromatic ring is 1. The summed E-state index contributed by atoms with van der Waals surface area (Å²) < 4.78 is 0. The van der Waals surface area contributed by atoms with Crippen molar-refractivity contribution < 1.29 is 0 Å². The monoisotopic (exact) mass is 329 g/mol. The fourth-order valence-electron chi connectivity index (χ4n) is 4.57. The molecule has 3 nitrogen and oxygen atoms in total. The third kappa shape index (κ3) is 2.33. The van der Waals surface area contributed by atoms with E-state index in [1.54, 1.807) is 0 Å². The summed E-state index contributed by atoms with van der Waals surface area (Å²) in [5.74, 6) is 0. The molecule has 0 aliphatic heterocycles. The first-order chi connectivity index (χ1) is 12.3. The minimum Gasteiger partial charge on any atom is -0.398 e. The largest absolute Gasteiger partial charge is 0.398 e. The van der Waals surface area contributed by atoms with Crippen molar-refractivity contribution in [3.05, 3.63) is 52.8 Å². The van der Waals surface area contributed by atoms with Gasteiger partial charge >= 0.3 is 0 Å². The summed E-state index contributed by atoms with van der Waals surface area (Å²) >= 11 is 0. The van der Waals surface area contributed by atoms with E-state index < -0.39 is 0 Å². The van der Waals surface area contributed by atoms with Crippen LogP contribution in [0.15, 0.2) is 30.3 Å². The van der Waals surface area contributed by atoms with Crippen LogP contribution in [-0.2, 0) is 25.7 Å². The number of nitrogens with two attached hydrogens (primary N) is 1. The van der Waals surface area contributed by atoms with Crippen LogP contribution < -0.4 is 5.73 Å². The molecule has 126 valence electrons. The van der Waals surface area contributed by atoms with Gasteiger partial charge in [-0.15, -0.1) is 0 Å². The molecule has 5 rings (SSSR count). The highest BCUT2D eigenvalue weighted by molar-refractivity contribution is 6.03. The van der Waals surface area contributed by atoms with Crippen molar-refractivity contribution in [3.8, 4) is 11.1 Å². The van der Waals surface area contributed by atoms with Gasteiger partial charge in [0, 0.05) is 17.1 Å². The molecule has 2 N–H and O–H groups in total.